The minimum atomic E-state index is 0.650. The summed E-state index contributed by atoms with van der Waals surface area (Å²) in [7, 11) is 0. The van der Waals surface area contributed by atoms with Crippen molar-refractivity contribution in [3.63, 3.8) is 0 Å². The Morgan fingerprint density at radius 2 is 0.762 bits per heavy atom. The normalized spacial score (nSPS) is 46.3. The minimum absolute atomic E-state index is 0.650. The average molecular weight is 292 g/mol. The van der Waals surface area contributed by atoms with E-state index in [2.05, 4.69) is 0 Å². The lowest BCUT2D eigenvalue weighted by molar-refractivity contribution is 0.176. The van der Waals surface area contributed by atoms with Crippen molar-refractivity contribution in [1.82, 2.24) is 0 Å². The molecule has 0 spiro atoms. The van der Waals surface area contributed by atoms with Gasteiger partial charge in [0.25, 0.3) is 0 Å². The molecule has 0 radical (unpaired) electrons. The van der Waals surface area contributed by atoms with Gasteiger partial charge in [0.15, 0.2) is 0 Å². The summed E-state index contributed by atoms with van der Waals surface area (Å²) in [4.78, 5) is 0. The molecule has 2 saturated heterocycles. The second kappa shape index (κ2) is 6.58. The highest BCUT2D eigenvalue weighted by Gasteiger charge is 2.32. The van der Waals surface area contributed by atoms with Crippen LogP contribution in [0, 0.1) is 23.7 Å². The Morgan fingerprint density at radius 1 is 0.476 bits per heavy atom. The van der Waals surface area contributed by atoms with Crippen LogP contribution in [-0.2, 0) is 9.47 Å². The zero-order valence-corrected chi connectivity index (χ0v) is 13.5. The summed E-state index contributed by atoms with van der Waals surface area (Å²) < 4.78 is 10.8. The molecule has 0 N–H and O–H groups in total. The van der Waals surface area contributed by atoms with Gasteiger partial charge in [-0.05, 0) is 42.9 Å². The molecule has 0 aromatic rings. The summed E-state index contributed by atoms with van der Waals surface area (Å²) in [5.74, 6) is 4.08. The van der Waals surface area contributed by atoms with E-state index in [4.69, 9.17) is 9.47 Å². The highest BCUT2D eigenvalue weighted by molar-refractivity contribution is 4.83. The SMILES string of the molecule is C1CC(CC2CO2)CCC1CC1CCC(CC2CO2)CC1. The Labute approximate surface area is 130 Å². The Bertz CT molecular complexity index is 286. The van der Waals surface area contributed by atoms with Crippen LogP contribution >= 0.6 is 0 Å². The fraction of sp³-hybridized carbons (Fsp3) is 1.00. The van der Waals surface area contributed by atoms with E-state index in [1.54, 1.807) is 6.42 Å². The molecule has 2 aliphatic heterocycles. The first kappa shape index (κ1) is 14.5. The molecule has 2 nitrogen and oxygen atoms in total. The molecule has 21 heavy (non-hydrogen) atoms. The third kappa shape index (κ3) is 4.45. The van der Waals surface area contributed by atoms with E-state index >= 15 is 0 Å². The maximum absolute atomic E-state index is 5.39. The van der Waals surface area contributed by atoms with Crippen molar-refractivity contribution in [2.24, 2.45) is 23.7 Å². The first-order valence-corrected chi connectivity index (χ1v) is 9.58. The summed E-state index contributed by atoms with van der Waals surface area (Å²) in [6.45, 7) is 2.10. The van der Waals surface area contributed by atoms with Gasteiger partial charge in [0, 0.05) is 0 Å². The van der Waals surface area contributed by atoms with Gasteiger partial charge >= 0.3 is 0 Å². The predicted molar refractivity (Wildman–Crippen MR) is 84.2 cm³/mol. The second-order valence-electron chi connectivity index (χ2n) is 8.39. The number of rotatable bonds is 6. The minimum Gasteiger partial charge on any atom is -0.373 e. The van der Waals surface area contributed by atoms with E-state index in [0.29, 0.717) is 12.2 Å². The van der Waals surface area contributed by atoms with E-state index in [-0.39, 0.29) is 0 Å². The summed E-state index contributed by atoms with van der Waals surface area (Å²) in [6.07, 6.45) is 17.5. The van der Waals surface area contributed by atoms with Crippen LogP contribution in [0.4, 0.5) is 0 Å². The average Bonchev–Trinajstić information content (AvgIpc) is 3.40. The molecule has 2 heteroatoms. The maximum atomic E-state index is 5.39. The van der Waals surface area contributed by atoms with E-state index in [1.165, 1.54) is 64.2 Å². The Morgan fingerprint density at radius 3 is 1.05 bits per heavy atom. The van der Waals surface area contributed by atoms with Gasteiger partial charge in [-0.2, -0.15) is 0 Å². The lowest BCUT2D eigenvalue weighted by Crippen LogP contribution is -2.22. The van der Waals surface area contributed by atoms with Crippen molar-refractivity contribution in [3.05, 3.63) is 0 Å². The van der Waals surface area contributed by atoms with Gasteiger partial charge in [0.05, 0.1) is 25.4 Å². The standard InChI is InChI=1S/C19H32O2/c1-5-16(10-18-12-20-18)6-2-14(1)9-15-3-7-17(8-4-15)11-19-13-21-19/h14-19H,1-13H2. The van der Waals surface area contributed by atoms with Crippen LogP contribution in [0.25, 0.3) is 0 Å². The van der Waals surface area contributed by atoms with E-state index in [9.17, 15) is 0 Å². The lowest BCUT2D eigenvalue weighted by Gasteiger charge is -2.34. The topological polar surface area (TPSA) is 25.1 Å². The van der Waals surface area contributed by atoms with Crippen molar-refractivity contribution in [2.45, 2.75) is 82.8 Å². The second-order valence-corrected chi connectivity index (χ2v) is 8.39. The van der Waals surface area contributed by atoms with Crippen LogP contribution < -0.4 is 0 Å². The van der Waals surface area contributed by atoms with Crippen LogP contribution in [0.2, 0.25) is 0 Å². The van der Waals surface area contributed by atoms with Crippen LogP contribution in [-0.4, -0.2) is 25.4 Å². The molecule has 2 saturated carbocycles. The molecule has 0 aromatic heterocycles. The Balaban J connectivity index is 1.12. The molecule has 4 rings (SSSR count). The van der Waals surface area contributed by atoms with Crippen LogP contribution in [0.5, 0.6) is 0 Å². The van der Waals surface area contributed by atoms with E-state index < -0.39 is 0 Å². The molecule has 120 valence electrons. The number of epoxide rings is 2. The summed E-state index contributed by atoms with van der Waals surface area (Å²) >= 11 is 0. The zero-order chi connectivity index (χ0) is 14.1. The quantitative estimate of drug-likeness (QED) is 0.670. The Hall–Kier alpha value is -0.0800. The van der Waals surface area contributed by atoms with Crippen LogP contribution in [0.15, 0.2) is 0 Å². The third-order valence-corrected chi connectivity index (χ3v) is 6.60. The summed E-state index contributed by atoms with van der Waals surface area (Å²) in [5, 5.41) is 0. The molecular weight excluding hydrogens is 260 g/mol. The van der Waals surface area contributed by atoms with Gasteiger partial charge in [0.2, 0.25) is 0 Å². The predicted octanol–water partition coefficient (Wildman–Crippen LogP) is 4.57. The molecule has 0 bridgehead atoms. The highest BCUT2D eigenvalue weighted by atomic mass is 16.6. The molecule has 2 atom stereocenters. The molecule has 2 heterocycles. The molecule has 0 amide bonds. The Kier molecular flexibility index (Phi) is 4.55. The molecule has 2 unspecified atom stereocenters. The van der Waals surface area contributed by atoms with Crippen molar-refractivity contribution >= 4 is 0 Å². The number of ether oxygens (including phenoxy) is 2. The van der Waals surface area contributed by atoms with Crippen LogP contribution in [0.1, 0.15) is 70.6 Å². The fourth-order valence-electron chi connectivity index (χ4n) is 5.03. The smallest absolute Gasteiger partial charge is 0.0812 e. The fourth-order valence-corrected chi connectivity index (χ4v) is 5.03. The van der Waals surface area contributed by atoms with Crippen molar-refractivity contribution in [2.75, 3.05) is 13.2 Å². The van der Waals surface area contributed by atoms with Crippen molar-refractivity contribution < 1.29 is 9.47 Å². The third-order valence-electron chi connectivity index (χ3n) is 6.60. The van der Waals surface area contributed by atoms with E-state index in [0.717, 1.165) is 36.9 Å². The van der Waals surface area contributed by atoms with Crippen molar-refractivity contribution in [3.8, 4) is 0 Å². The number of hydrogen-bond acceptors (Lipinski definition) is 2. The summed E-state index contributed by atoms with van der Waals surface area (Å²) in [5.41, 5.74) is 0. The monoisotopic (exact) mass is 292 g/mol. The first-order valence-electron chi connectivity index (χ1n) is 9.58. The maximum Gasteiger partial charge on any atom is 0.0812 e. The van der Waals surface area contributed by atoms with Crippen LogP contribution in [0.3, 0.4) is 0 Å². The summed E-state index contributed by atoms with van der Waals surface area (Å²) in [6, 6.07) is 0. The largest absolute Gasteiger partial charge is 0.373 e. The van der Waals surface area contributed by atoms with Gasteiger partial charge in [-0.15, -0.1) is 0 Å². The van der Waals surface area contributed by atoms with Gasteiger partial charge in [0.1, 0.15) is 0 Å². The first-order chi connectivity index (χ1) is 10.3. The van der Waals surface area contributed by atoms with Crippen molar-refractivity contribution in [1.29, 1.82) is 0 Å². The lowest BCUT2D eigenvalue weighted by atomic mass is 9.72. The molecular formula is C19H32O2. The van der Waals surface area contributed by atoms with E-state index in [1.807, 2.05) is 0 Å². The van der Waals surface area contributed by atoms with Gasteiger partial charge in [-0.25, -0.2) is 0 Å². The molecule has 4 fully saturated rings. The van der Waals surface area contributed by atoms with Gasteiger partial charge < -0.3 is 9.47 Å². The van der Waals surface area contributed by atoms with Gasteiger partial charge in [-0.1, -0.05) is 51.4 Å². The zero-order valence-electron chi connectivity index (χ0n) is 13.5. The molecule has 4 aliphatic rings. The number of hydrogen-bond donors (Lipinski definition) is 0. The van der Waals surface area contributed by atoms with Gasteiger partial charge in [-0.3, -0.25) is 0 Å². The highest BCUT2D eigenvalue weighted by Crippen LogP contribution is 2.41. The molecule has 0 aromatic carbocycles. The molecule has 2 aliphatic carbocycles.